The molecular weight excluding hydrogens is 404 g/mol. The second-order valence-corrected chi connectivity index (χ2v) is 8.01. The first-order valence-corrected chi connectivity index (χ1v) is 9.69. The van der Waals surface area contributed by atoms with E-state index in [1.54, 1.807) is 12.1 Å². The van der Waals surface area contributed by atoms with Crippen molar-refractivity contribution in [1.82, 2.24) is 10.3 Å². The highest BCUT2D eigenvalue weighted by molar-refractivity contribution is 7.80. The van der Waals surface area contributed by atoms with Gasteiger partial charge in [0.15, 0.2) is 10.2 Å². The van der Waals surface area contributed by atoms with Crippen molar-refractivity contribution in [2.45, 2.75) is 0 Å². The van der Waals surface area contributed by atoms with Gasteiger partial charge in [-0.2, -0.15) is 0 Å². The number of anilines is 1. The number of nitro benzene ring substituents is 1. The van der Waals surface area contributed by atoms with E-state index in [9.17, 15) is 14.9 Å². The molecule has 2 N–H and O–H groups in total. The van der Waals surface area contributed by atoms with Crippen molar-refractivity contribution in [2.75, 3.05) is 5.32 Å². The standard InChI is InChI=1S/C17H10N4O3S3/c22-15(14-8-9-7-10(21(23)24)5-6-12(9)26-14)19-16(25)20-17-18-11-3-1-2-4-13(11)27-17/h1-8H,(H2,18,19,20,22,25). The van der Waals surface area contributed by atoms with Gasteiger partial charge in [-0.3, -0.25) is 20.2 Å². The Morgan fingerprint density at radius 3 is 2.70 bits per heavy atom. The monoisotopic (exact) mass is 414 g/mol. The number of hydrogen-bond donors (Lipinski definition) is 2. The average molecular weight is 414 g/mol. The fraction of sp³-hybridized carbons (Fsp3) is 0. The van der Waals surface area contributed by atoms with Crippen LogP contribution in [0.1, 0.15) is 9.67 Å². The van der Waals surface area contributed by atoms with E-state index in [1.165, 1.54) is 34.8 Å². The van der Waals surface area contributed by atoms with Gasteiger partial charge in [-0.15, -0.1) is 11.3 Å². The molecule has 0 aliphatic heterocycles. The second-order valence-electron chi connectivity index (χ2n) is 5.48. The van der Waals surface area contributed by atoms with Gasteiger partial charge in [-0.05, 0) is 36.5 Å². The van der Waals surface area contributed by atoms with Gasteiger partial charge in [0.2, 0.25) is 0 Å². The number of amides is 1. The highest BCUT2D eigenvalue weighted by atomic mass is 32.1. The number of nitrogens with zero attached hydrogens (tertiary/aromatic N) is 2. The molecule has 4 aromatic rings. The lowest BCUT2D eigenvalue weighted by molar-refractivity contribution is -0.384. The molecule has 0 fully saturated rings. The Hall–Kier alpha value is -2.95. The Morgan fingerprint density at radius 1 is 1.11 bits per heavy atom. The SMILES string of the molecule is O=C(NC(=S)Nc1nc2ccccc2s1)c1cc2cc([N+](=O)[O-])ccc2s1. The fourth-order valence-electron chi connectivity index (χ4n) is 2.47. The average Bonchev–Trinajstić information content (AvgIpc) is 3.23. The van der Waals surface area contributed by atoms with Gasteiger partial charge in [0, 0.05) is 22.2 Å². The zero-order valence-corrected chi connectivity index (χ0v) is 15.9. The third-order valence-electron chi connectivity index (χ3n) is 3.68. The summed E-state index contributed by atoms with van der Waals surface area (Å²) in [5.74, 6) is -0.377. The summed E-state index contributed by atoms with van der Waals surface area (Å²) in [4.78, 5) is 27.6. The maximum absolute atomic E-state index is 12.4. The normalized spacial score (nSPS) is 10.8. The van der Waals surface area contributed by atoms with E-state index in [4.69, 9.17) is 12.2 Å². The summed E-state index contributed by atoms with van der Waals surface area (Å²) in [7, 11) is 0. The molecule has 0 bridgehead atoms. The third kappa shape index (κ3) is 3.63. The number of nitrogens with one attached hydrogen (secondary N) is 2. The predicted octanol–water partition coefficient (Wildman–Crippen LogP) is 4.55. The summed E-state index contributed by atoms with van der Waals surface area (Å²) >= 11 is 7.87. The minimum atomic E-state index is -0.464. The lowest BCUT2D eigenvalue weighted by Crippen LogP contribution is -2.33. The Bertz CT molecular complexity index is 1180. The fourth-order valence-corrected chi connectivity index (χ4v) is 4.54. The number of aromatic nitrogens is 1. The number of nitro groups is 1. The number of non-ortho nitro benzene ring substituents is 1. The van der Waals surface area contributed by atoms with Gasteiger partial charge in [0.25, 0.3) is 11.6 Å². The van der Waals surface area contributed by atoms with Crippen LogP contribution in [0.3, 0.4) is 0 Å². The van der Waals surface area contributed by atoms with Crippen LogP contribution < -0.4 is 10.6 Å². The minimum absolute atomic E-state index is 0.0136. The van der Waals surface area contributed by atoms with Crippen LogP contribution in [0.4, 0.5) is 10.8 Å². The number of hydrogen-bond acceptors (Lipinski definition) is 7. The quantitative estimate of drug-likeness (QED) is 0.290. The van der Waals surface area contributed by atoms with Crippen molar-refractivity contribution in [2.24, 2.45) is 0 Å². The Balaban J connectivity index is 1.48. The van der Waals surface area contributed by atoms with Gasteiger partial charge >= 0.3 is 0 Å². The number of thiazole rings is 1. The molecule has 2 aromatic carbocycles. The highest BCUT2D eigenvalue weighted by Gasteiger charge is 2.15. The number of fused-ring (bicyclic) bond motifs is 2. The van der Waals surface area contributed by atoms with Crippen molar-refractivity contribution < 1.29 is 9.72 Å². The van der Waals surface area contributed by atoms with E-state index in [0.717, 1.165) is 14.9 Å². The molecule has 0 saturated carbocycles. The maximum atomic E-state index is 12.4. The third-order valence-corrected chi connectivity index (χ3v) is 5.95. The number of rotatable bonds is 3. The molecule has 27 heavy (non-hydrogen) atoms. The first-order chi connectivity index (χ1) is 13.0. The molecule has 0 aliphatic rings. The van der Waals surface area contributed by atoms with Crippen LogP contribution in [0.2, 0.25) is 0 Å². The molecule has 7 nitrogen and oxygen atoms in total. The van der Waals surface area contributed by atoms with Gasteiger partial charge in [0.05, 0.1) is 20.0 Å². The van der Waals surface area contributed by atoms with E-state index in [-0.39, 0.29) is 16.7 Å². The summed E-state index contributed by atoms with van der Waals surface area (Å²) in [6.07, 6.45) is 0. The molecule has 0 aliphatic carbocycles. The van der Waals surface area contributed by atoms with Gasteiger partial charge in [-0.25, -0.2) is 4.98 Å². The topological polar surface area (TPSA) is 97.2 Å². The second kappa shape index (κ2) is 6.99. The summed E-state index contributed by atoms with van der Waals surface area (Å²) < 4.78 is 1.80. The molecule has 0 atom stereocenters. The maximum Gasteiger partial charge on any atom is 0.270 e. The van der Waals surface area contributed by atoms with Crippen molar-refractivity contribution in [3.8, 4) is 0 Å². The molecule has 2 aromatic heterocycles. The number of carbonyl (C=O) groups is 1. The number of carbonyl (C=O) groups excluding carboxylic acids is 1. The molecule has 10 heteroatoms. The first kappa shape index (κ1) is 17.5. The van der Waals surface area contributed by atoms with Gasteiger partial charge in [0.1, 0.15) is 0 Å². The Morgan fingerprint density at radius 2 is 1.93 bits per heavy atom. The van der Waals surface area contributed by atoms with Crippen molar-refractivity contribution in [1.29, 1.82) is 0 Å². The summed E-state index contributed by atoms with van der Waals surface area (Å²) in [5, 5.41) is 17.8. The van der Waals surface area contributed by atoms with E-state index in [1.807, 2.05) is 24.3 Å². The highest BCUT2D eigenvalue weighted by Crippen LogP contribution is 2.29. The predicted molar refractivity (Wildman–Crippen MR) is 112 cm³/mol. The molecule has 0 saturated heterocycles. The molecular formula is C17H10N4O3S3. The molecule has 134 valence electrons. The first-order valence-electron chi connectivity index (χ1n) is 7.65. The molecule has 2 heterocycles. The zero-order chi connectivity index (χ0) is 19.0. The van der Waals surface area contributed by atoms with Crippen LogP contribution in [0.5, 0.6) is 0 Å². The number of thiophene rings is 1. The van der Waals surface area contributed by atoms with Crippen LogP contribution in [-0.2, 0) is 0 Å². The van der Waals surface area contributed by atoms with Crippen LogP contribution in [0, 0.1) is 10.1 Å². The molecule has 0 radical (unpaired) electrons. The molecule has 0 unspecified atom stereocenters. The lowest BCUT2D eigenvalue weighted by atomic mass is 10.2. The largest absolute Gasteiger partial charge is 0.308 e. The molecule has 4 rings (SSSR count). The number of para-hydroxylation sites is 1. The summed E-state index contributed by atoms with van der Waals surface area (Å²) in [6.45, 7) is 0. The Kier molecular flexibility index (Phi) is 4.52. The smallest absolute Gasteiger partial charge is 0.270 e. The van der Waals surface area contributed by atoms with Crippen molar-refractivity contribution >= 4 is 77.0 Å². The molecule has 0 spiro atoms. The summed E-state index contributed by atoms with van der Waals surface area (Å²) in [6, 6.07) is 13.8. The van der Waals surface area contributed by atoms with Crippen LogP contribution in [0.15, 0.2) is 48.5 Å². The summed E-state index contributed by atoms with van der Waals surface area (Å²) in [5.41, 5.74) is 0.838. The van der Waals surface area contributed by atoms with Crippen molar-refractivity contribution in [3.63, 3.8) is 0 Å². The van der Waals surface area contributed by atoms with E-state index >= 15 is 0 Å². The molecule has 1 amide bonds. The van der Waals surface area contributed by atoms with Crippen LogP contribution in [0.25, 0.3) is 20.3 Å². The number of benzene rings is 2. The number of thiocarbonyl (C=S) groups is 1. The van der Waals surface area contributed by atoms with Gasteiger partial charge < -0.3 is 5.32 Å². The van der Waals surface area contributed by atoms with Crippen LogP contribution in [-0.4, -0.2) is 20.9 Å². The van der Waals surface area contributed by atoms with E-state index in [0.29, 0.717) is 15.4 Å². The van der Waals surface area contributed by atoms with E-state index < -0.39 is 4.92 Å². The van der Waals surface area contributed by atoms with Gasteiger partial charge in [-0.1, -0.05) is 23.5 Å². The zero-order valence-electron chi connectivity index (χ0n) is 13.5. The van der Waals surface area contributed by atoms with E-state index in [2.05, 4.69) is 15.6 Å². The van der Waals surface area contributed by atoms with Crippen LogP contribution >= 0.6 is 34.9 Å². The minimum Gasteiger partial charge on any atom is -0.308 e. The lowest BCUT2D eigenvalue weighted by Gasteiger charge is -2.05. The Labute approximate surface area is 165 Å². The van der Waals surface area contributed by atoms with Crippen molar-refractivity contribution in [3.05, 3.63) is 63.5 Å².